The van der Waals surface area contributed by atoms with E-state index >= 15 is 0 Å². The highest BCUT2D eigenvalue weighted by atomic mass is 16.5. The summed E-state index contributed by atoms with van der Waals surface area (Å²) in [5.41, 5.74) is 4.42. The lowest BCUT2D eigenvalue weighted by Crippen LogP contribution is -2.38. The molecule has 0 aliphatic heterocycles. The van der Waals surface area contributed by atoms with Gasteiger partial charge < -0.3 is 20.5 Å². The number of nitrogens with one attached hydrogen (secondary N) is 2. The van der Waals surface area contributed by atoms with E-state index in [0.29, 0.717) is 6.42 Å². The fourth-order valence-electron chi connectivity index (χ4n) is 4.25. The van der Waals surface area contributed by atoms with Crippen LogP contribution in [0.25, 0.3) is 11.1 Å². The van der Waals surface area contributed by atoms with Gasteiger partial charge in [-0.1, -0.05) is 55.5 Å². The Morgan fingerprint density at radius 3 is 2.29 bits per heavy atom. The molecule has 0 saturated carbocycles. The van der Waals surface area contributed by atoms with Gasteiger partial charge in [0.2, 0.25) is 5.91 Å². The zero-order valence-electron chi connectivity index (χ0n) is 18.9. The summed E-state index contributed by atoms with van der Waals surface area (Å²) in [5, 5.41) is 18.4. The average molecular weight is 463 g/mol. The molecule has 9 heteroatoms. The van der Waals surface area contributed by atoms with Gasteiger partial charge in [-0.3, -0.25) is 9.48 Å². The molecule has 2 amide bonds. The molecular weight excluding hydrogens is 436 g/mol. The van der Waals surface area contributed by atoms with Crippen LogP contribution in [0, 0.1) is 0 Å². The summed E-state index contributed by atoms with van der Waals surface area (Å²) in [6, 6.07) is 15.7. The molecule has 34 heavy (non-hydrogen) atoms. The first-order chi connectivity index (χ1) is 16.4. The van der Waals surface area contributed by atoms with E-state index in [1.165, 1.54) is 17.9 Å². The molecule has 3 N–H and O–H groups in total. The first-order valence-corrected chi connectivity index (χ1v) is 11.1. The minimum atomic E-state index is -1.19. The van der Waals surface area contributed by atoms with E-state index in [1.54, 1.807) is 0 Å². The molecule has 0 saturated heterocycles. The monoisotopic (exact) mass is 462 g/mol. The number of alkyl carbamates (subject to hydrolysis) is 1. The summed E-state index contributed by atoms with van der Waals surface area (Å²) in [7, 11) is 1.54. The number of rotatable bonds is 8. The maximum atomic E-state index is 12.5. The number of aryl methyl sites for hydroxylation is 1. The predicted molar refractivity (Wildman–Crippen MR) is 126 cm³/mol. The topological polar surface area (TPSA) is 123 Å². The number of carbonyl (C=O) groups excluding carboxylic acids is 2. The Bertz CT molecular complexity index is 1190. The van der Waals surface area contributed by atoms with Crippen LogP contribution in [0.5, 0.6) is 0 Å². The molecule has 1 aliphatic carbocycles. The van der Waals surface area contributed by atoms with Gasteiger partial charge in [-0.25, -0.2) is 9.59 Å². The highest BCUT2D eigenvalue weighted by Crippen LogP contribution is 2.44. The molecule has 176 valence electrons. The molecule has 0 radical (unpaired) electrons. The maximum absolute atomic E-state index is 12.5. The standard InChI is InChI=1S/C25H26N4O5/c1-3-15(12-22(30)28-23-20(24(31)32)13-26-29(23)2)27-25(33)34-14-21-18-10-6-4-8-16(18)17-9-5-7-11-19(17)21/h4-11,13,15,21H,3,12,14H2,1-2H3,(H,27,33)(H,28,30)(H,31,32). The first kappa shape index (κ1) is 23.0. The zero-order chi connectivity index (χ0) is 24.2. The van der Waals surface area contributed by atoms with Crippen molar-refractivity contribution in [1.82, 2.24) is 15.1 Å². The molecule has 4 rings (SSSR count). The van der Waals surface area contributed by atoms with Crippen molar-refractivity contribution in [2.75, 3.05) is 11.9 Å². The molecule has 0 spiro atoms. The smallest absolute Gasteiger partial charge is 0.407 e. The van der Waals surface area contributed by atoms with Gasteiger partial charge in [0.1, 0.15) is 18.0 Å². The van der Waals surface area contributed by atoms with Gasteiger partial charge in [0.25, 0.3) is 0 Å². The Morgan fingerprint density at radius 1 is 1.09 bits per heavy atom. The van der Waals surface area contributed by atoms with Crippen molar-refractivity contribution in [3.8, 4) is 11.1 Å². The molecule has 1 unspecified atom stereocenters. The zero-order valence-corrected chi connectivity index (χ0v) is 18.9. The van der Waals surface area contributed by atoms with Crippen LogP contribution >= 0.6 is 0 Å². The third-order valence-corrected chi connectivity index (χ3v) is 6.02. The summed E-state index contributed by atoms with van der Waals surface area (Å²) >= 11 is 0. The number of ether oxygens (including phenoxy) is 1. The van der Waals surface area contributed by atoms with Crippen LogP contribution in [0.4, 0.5) is 10.6 Å². The van der Waals surface area contributed by atoms with E-state index in [9.17, 15) is 19.5 Å². The summed E-state index contributed by atoms with van der Waals surface area (Å²) in [5.74, 6) is -1.58. The van der Waals surface area contributed by atoms with Crippen LogP contribution in [0.1, 0.15) is 47.2 Å². The molecule has 3 aromatic rings. The third kappa shape index (κ3) is 4.63. The number of hydrogen-bond acceptors (Lipinski definition) is 5. The van der Waals surface area contributed by atoms with Crippen molar-refractivity contribution >= 4 is 23.8 Å². The number of nitrogens with zero attached hydrogens (tertiary/aromatic N) is 2. The van der Waals surface area contributed by atoms with E-state index in [0.717, 1.165) is 22.3 Å². The van der Waals surface area contributed by atoms with E-state index in [1.807, 2.05) is 43.3 Å². The molecule has 1 aliphatic rings. The first-order valence-electron chi connectivity index (χ1n) is 11.1. The lowest BCUT2D eigenvalue weighted by Gasteiger charge is -2.19. The Hall–Kier alpha value is -4.14. The molecule has 0 bridgehead atoms. The van der Waals surface area contributed by atoms with Crippen molar-refractivity contribution in [2.45, 2.75) is 31.7 Å². The quantitative estimate of drug-likeness (QED) is 0.468. The summed E-state index contributed by atoms with van der Waals surface area (Å²) in [6.45, 7) is 2.02. The second kappa shape index (κ2) is 9.78. The van der Waals surface area contributed by atoms with Crippen LogP contribution in [0.3, 0.4) is 0 Å². The van der Waals surface area contributed by atoms with Crippen molar-refractivity contribution < 1.29 is 24.2 Å². The van der Waals surface area contributed by atoms with Gasteiger partial charge in [-0.05, 0) is 28.7 Å². The lowest BCUT2D eigenvalue weighted by atomic mass is 9.98. The number of hydrogen-bond donors (Lipinski definition) is 3. The minimum absolute atomic E-state index is 0.0368. The fourth-order valence-corrected chi connectivity index (χ4v) is 4.25. The number of amides is 2. The van der Waals surface area contributed by atoms with Crippen molar-refractivity contribution in [3.63, 3.8) is 0 Å². The van der Waals surface area contributed by atoms with Gasteiger partial charge in [-0.2, -0.15) is 5.10 Å². The second-order valence-corrected chi connectivity index (χ2v) is 8.16. The third-order valence-electron chi connectivity index (χ3n) is 6.02. The molecular formula is C25H26N4O5. The number of aromatic carboxylic acids is 1. The normalized spacial score (nSPS) is 13.0. The molecule has 2 aromatic carbocycles. The van der Waals surface area contributed by atoms with Gasteiger partial charge in [-0.15, -0.1) is 0 Å². The lowest BCUT2D eigenvalue weighted by molar-refractivity contribution is -0.116. The Kier molecular flexibility index (Phi) is 6.62. The molecule has 1 atom stereocenters. The number of fused-ring (bicyclic) bond motifs is 3. The van der Waals surface area contributed by atoms with Gasteiger partial charge in [0, 0.05) is 25.4 Å². The molecule has 0 fully saturated rings. The van der Waals surface area contributed by atoms with Gasteiger partial charge in [0.05, 0.1) is 6.20 Å². The van der Waals surface area contributed by atoms with E-state index in [4.69, 9.17) is 4.74 Å². The number of aromatic nitrogens is 2. The number of carbonyl (C=O) groups is 3. The van der Waals surface area contributed by atoms with Crippen molar-refractivity contribution in [2.24, 2.45) is 7.05 Å². The Morgan fingerprint density at radius 2 is 1.71 bits per heavy atom. The number of carboxylic acid groups (broad SMARTS) is 1. The van der Waals surface area contributed by atoms with Crippen LogP contribution in [-0.2, 0) is 16.6 Å². The highest BCUT2D eigenvalue weighted by molar-refractivity contribution is 5.99. The highest BCUT2D eigenvalue weighted by Gasteiger charge is 2.29. The van der Waals surface area contributed by atoms with E-state index in [2.05, 4.69) is 27.9 Å². The minimum Gasteiger partial charge on any atom is -0.477 e. The van der Waals surface area contributed by atoms with Crippen LogP contribution in [-0.4, -0.2) is 45.5 Å². The fraction of sp³-hybridized carbons (Fsp3) is 0.280. The van der Waals surface area contributed by atoms with E-state index < -0.39 is 24.0 Å². The molecule has 9 nitrogen and oxygen atoms in total. The Balaban J connectivity index is 1.35. The predicted octanol–water partition coefficient (Wildman–Crippen LogP) is 3.76. The van der Waals surface area contributed by atoms with Crippen LogP contribution < -0.4 is 10.6 Å². The molecule has 1 heterocycles. The summed E-state index contributed by atoms with van der Waals surface area (Å²) in [4.78, 5) is 36.3. The van der Waals surface area contributed by atoms with Crippen molar-refractivity contribution in [3.05, 3.63) is 71.4 Å². The molecule has 1 aromatic heterocycles. The average Bonchev–Trinajstić information content (AvgIpc) is 3.35. The maximum Gasteiger partial charge on any atom is 0.407 e. The number of benzene rings is 2. The van der Waals surface area contributed by atoms with Gasteiger partial charge in [0.15, 0.2) is 0 Å². The largest absolute Gasteiger partial charge is 0.477 e. The number of anilines is 1. The van der Waals surface area contributed by atoms with E-state index in [-0.39, 0.29) is 30.3 Å². The summed E-state index contributed by atoms with van der Waals surface area (Å²) < 4.78 is 6.83. The van der Waals surface area contributed by atoms with Crippen LogP contribution in [0.2, 0.25) is 0 Å². The van der Waals surface area contributed by atoms with Crippen LogP contribution in [0.15, 0.2) is 54.7 Å². The Labute approximate surface area is 196 Å². The SMILES string of the molecule is CCC(CC(=O)Nc1c(C(=O)O)cnn1C)NC(=O)OCC1c2ccccc2-c2ccccc21. The summed E-state index contributed by atoms with van der Waals surface area (Å²) in [6.07, 6.45) is 1.03. The number of carboxylic acids is 1. The second-order valence-electron chi connectivity index (χ2n) is 8.16. The van der Waals surface area contributed by atoms with Gasteiger partial charge >= 0.3 is 12.1 Å². The van der Waals surface area contributed by atoms with Crippen molar-refractivity contribution in [1.29, 1.82) is 0 Å².